The molecule has 0 radical (unpaired) electrons. The first kappa shape index (κ1) is 12.9. The highest BCUT2D eigenvalue weighted by atomic mass is 127. The van der Waals surface area contributed by atoms with Gasteiger partial charge in [-0.2, -0.15) is 0 Å². The van der Waals surface area contributed by atoms with Crippen LogP contribution in [0, 0.1) is 9.62 Å². The molecule has 2 atom stereocenters. The van der Waals surface area contributed by atoms with Gasteiger partial charge in [-0.05, 0) is 58.8 Å². The number of aromatic nitrogens is 1. The minimum atomic E-state index is 0.230. The number of aromatic amines is 1. The summed E-state index contributed by atoms with van der Waals surface area (Å²) in [5.41, 5.74) is 5.42. The fourth-order valence-corrected chi connectivity index (χ4v) is 4.49. The molecular formula is C16H17IN2O. The van der Waals surface area contributed by atoms with Crippen LogP contribution in [0.1, 0.15) is 11.1 Å². The van der Waals surface area contributed by atoms with Crippen LogP contribution in [-0.2, 0) is 6.42 Å². The topological polar surface area (TPSA) is 39.3 Å². The Hall–Kier alpha value is -0.850. The Morgan fingerprint density at radius 2 is 2.30 bits per heavy atom. The number of likely N-dealkylation sites (N-methyl/N-ethyl adjacent to an activating group) is 1. The lowest BCUT2D eigenvalue weighted by molar-refractivity contribution is 0.181. The summed E-state index contributed by atoms with van der Waals surface area (Å²) in [5.74, 6) is 0.251. The van der Waals surface area contributed by atoms with Crippen molar-refractivity contribution in [3.05, 3.63) is 39.1 Å². The van der Waals surface area contributed by atoms with Crippen LogP contribution in [0.5, 0.6) is 0 Å². The first-order chi connectivity index (χ1) is 9.69. The molecule has 3 nitrogen and oxygen atoms in total. The molecule has 1 aliphatic carbocycles. The lowest BCUT2D eigenvalue weighted by Gasteiger charge is -2.39. The summed E-state index contributed by atoms with van der Waals surface area (Å²) in [7, 11) is 2.17. The Bertz CT molecular complexity index is 719. The van der Waals surface area contributed by atoms with Gasteiger partial charge < -0.3 is 10.1 Å². The molecule has 2 N–H and O–H groups in total. The molecule has 2 heterocycles. The van der Waals surface area contributed by atoms with Crippen LogP contribution >= 0.6 is 22.6 Å². The van der Waals surface area contributed by atoms with Crippen LogP contribution in [0.3, 0.4) is 0 Å². The molecule has 1 aliphatic heterocycles. The van der Waals surface area contributed by atoms with Gasteiger partial charge in [0.25, 0.3) is 0 Å². The van der Waals surface area contributed by atoms with Crippen LogP contribution in [-0.4, -0.2) is 41.2 Å². The van der Waals surface area contributed by atoms with E-state index in [0.717, 1.165) is 13.0 Å². The minimum Gasteiger partial charge on any atom is -0.396 e. The molecule has 0 amide bonds. The van der Waals surface area contributed by atoms with Gasteiger partial charge in [-0.25, -0.2) is 0 Å². The molecule has 104 valence electrons. The summed E-state index contributed by atoms with van der Waals surface area (Å²) in [6.07, 6.45) is 3.36. The molecule has 2 aliphatic rings. The number of aliphatic hydroxyl groups is 1. The smallest absolute Gasteiger partial charge is 0.0816 e. The summed E-state index contributed by atoms with van der Waals surface area (Å²) in [6, 6.07) is 6.95. The Labute approximate surface area is 131 Å². The summed E-state index contributed by atoms with van der Waals surface area (Å²) in [4.78, 5) is 5.89. The predicted molar refractivity (Wildman–Crippen MR) is 89.7 cm³/mol. The molecule has 2 aromatic rings. The SMILES string of the molecule is CN1C[C@H](CO)C=C2c3cccc4[nH]c(I)c(c34)C[C@H]21. The summed E-state index contributed by atoms with van der Waals surface area (Å²) in [6.45, 7) is 1.17. The number of rotatable bonds is 1. The highest BCUT2D eigenvalue weighted by Gasteiger charge is 2.34. The van der Waals surface area contributed by atoms with Gasteiger partial charge in [0.1, 0.15) is 0 Å². The average molecular weight is 380 g/mol. The van der Waals surface area contributed by atoms with Gasteiger partial charge in [-0.15, -0.1) is 0 Å². The molecule has 0 saturated carbocycles. The minimum absolute atomic E-state index is 0.230. The number of H-pyrrole nitrogens is 1. The van der Waals surface area contributed by atoms with Gasteiger partial charge in [-0.1, -0.05) is 18.2 Å². The maximum atomic E-state index is 9.51. The number of benzene rings is 1. The third kappa shape index (κ3) is 1.71. The maximum Gasteiger partial charge on any atom is 0.0816 e. The van der Waals surface area contributed by atoms with E-state index >= 15 is 0 Å². The molecule has 0 bridgehead atoms. The first-order valence-electron chi connectivity index (χ1n) is 7.01. The van der Waals surface area contributed by atoms with Crippen molar-refractivity contribution in [1.29, 1.82) is 0 Å². The van der Waals surface area contributed by atoms with E-state index in [1.165, 1.54) is 31.3 Å². The predicted octanol–water partition coefficient (Wildman–Crippen LogP) is 2.63. The van der Waals surface area contributed by atoms with Crippen molar-refractivity contribution >= 4 is 39.1 Å². The molecule has 0 unspecified atom stereocenters. The van der Waals surface area contributed by atoms with Crippen LogP contribution in [0.15, 0.2) is 24.3 Å². The second-order valence-electron chi connectivity index (χ2n) is 5.87. The molecule has 0 saturated heterocycles. The van der Waals surface area contributed by atoms with Gasteiger partial charge in [0.2, 0.25) is 0 Å². The highest BCUT2D eigenvalue weighted by molar-refractivity contribution is 14.1. The quantitative estimate of drug-likeness (QED) is 0.747. The zero-order valence-corrected chi connectivity index (χ0v) is 13.5. The van der Waals surface area contributed by atoms with Crippen molar-refractivity contribution in [2.75, 3.05) is 20.2 Å². The molecule has 4 rings (SSSR count). The Balaban J connectivity index is 1.99. The second-order valence-corrected chi connectivity index (χ2v) is 6.95. The number of fused-ring (bicyclic) bond motifs is 2. The zero-order valence-electron chi connectivity index (χ0n) is 11.4. The number of hydrogen-bond acceptors (Lipinski definition) is 2. The Morgan fingerprint density at radius 3 is 3.10 bits per heavy atom. The standard InChI is InChI=1S/C16H17IN2O/c1-19-7-9(8-20)5-11-10-3-2-4-13-15(10)12(6-14(11)19)16(17)18-13/h2-5,9,14,18,20H,6-8H2,1H3/t9-,14-/m1/s1. The van der Waals surface area contributed by atoms with Crippen molar-refractivity contribution in [2.45, 2.75) is 12.5 Å². The second kappa shape index (κ2) is 4.58. The molecule has 0 fully saturated rings. The van der Waals surface area contributed by atoms with Gasteiger partial charge >= 0.3 is 0 Å². The average Bonchev–Trinajstić information content (AvgIpc) is 2.77. The fourth-order valence-electron chi connectivity index (χ4n) is 3.71. The summed E-state index contributed by atoms with van der Waals surface area (Å²) >= 11 is 2.41. The number of halogens is 1. The van der Waals surface area contributed by atoms with Crippen molar-refractivity contribution in [1.82, 2.24) is 9.88 Å². The Morgan fingerprint density at radius 1 is 1.45 bits per heavy atom. The Kier molecular flexibility index (Phi) is 2.94. The third-order valence-electron chi connectivity index (χ3n) is 4.65. The van der Waals surface area contributed by atoms with Crippen molar-refractivity contribution < 1.29 is 5.11 Å². The highest BCUT2D eigenvalue weighted by Crippen LogP contribution is 2.42. The normalized spacial score (nSPS) is 25.6. The molecule has 0 spiro atoms. The molecule has 4 heteroatoms. The number of nitrogens with one attached hydrogen (secondary N) is 1. The van der Waals surface area contributed by atoms with Crippen molar-refractivity contribution in [3.8, 4) is 0 Å². The molecule has 1 aromatic carbocycles. The summed E-state index contributed by atoms with van der Waals surface area (Å²) in [5, 5.41) is 10.9. The van der Waals surface area contributed by atoms with Gasteiger partial charge in [0, 0.05) is 29.4 Å². The van der Waals surface area contributed by atoms with Crippen LogP contribution in [0.25, 0.3) is 16.5 Å². The fraction of sp³-hybridized carbons (Fsp3) is 0.375. The van der Waals surface area contributed by atoms with E-state index < -0.39 is 0 Å². The summed E-state index contributed by atoms with van der Waals surface area (Å²) < 4.78 is 1.27. The maximum absolute atomic E-state index is 9.51. The lowest BCUT2D eigenvalue weighted by atomic mass is 9.80. The van der Waals surface area contributed by atoms with E-state index in [9.17, 15) is 5.11 Å². The molecule has 20 heavy (non-hydrogen) atoms. The van der Waals surface area contributed by atoms with E-state index in [1.807, 2.05) is 0 Å². The van der Waals surface area contributed by atoms with Gasteiger partial charge in [-0.3, -0.25) is 4.90 Å². The monoisotopic (exact) mass is 380 g/mol. The van der Waals surface area contributed by atoms with Crippen LogP contribution < -0.4 is 0 Å². The largest absolute Gasteiger partial charge is 0.396 e. The van der Waals surface area contributed by atoms with Crippen molar-refractivity contribution in [3.63, 3.8) is 0 Å². The van der Waals surface area contributed by atoms with E-state index in [-0.39, 0.29) is 12.5 Å². The van der Waals surface area contributed by atoms with Gasteiger partial charge in [0.15, 0.2) is 0 Å². The first-order valence-corrected chi connectivity index (χ1v) is 8.09. The lowest BCUT2D eigenvalue weighted by Crippen LogP contribution is -2.43. The van der Waals surface area contributed by atoms with Crippen LogP contribution in [0.4, 0.5) is 0 Å². The number of aliphatic hydroxyl groups excluding tert-OH is 1. The van der Waals surface area contributed by atoms with E-state index in [1.54, 1.807) is 0 Å². The van der Waals surface area contributed by atoms with Crippen molar-refractivity contribution in [2.24, 2.45) is 5.92 Å². The number of nitrogens with zero attached hydrogens (tertiary/aromatic N) is 1. The van der Waals surface area contributed by atoms with E-state index in [4.69, 9.17) is 0 Å². The van der Waals surface area contributed by atoms with Gasteiger partial charge in [0.05, 0.1) is 10.3 Å². The molecular weight excluding hydrogens is 363 g/mol. The molecule has 1 aromatic heterocycles. The zero-order chi connectivity index (χ0) is 13.9. The van der Waals surface area contributed by atoms with E-state index in [0.29, 0.717) is 6.04 Å². The number of hydrogen-bond donors (Lipinski definition) is 2. The third-order valence-corrected chi connectivity index (χ3v) is 5.57. The van der Waals surface area contributed by atoms with Crippen LogP contribution in [0.2, 0.25) is 0 Å². The van der Waals surface area contributed by atoms with E-state index in [2.05, 4.69) is 63.8 Å².